The first-order chi connectivity index (χ1) is 6.61. The minimum Gasteiger partial charge on any atom is -0.294 e. The molecule has 0 aliphatic heterocycles. The molecule has 0 spiro atoms. The Morgan fingerprint density at radius 1 is 1.50 bits per heavy atom. The minimum atomic E-state index is -0.426. The molecule has 0 amide bonds. The Balaban J connectivity index is 2.61. The van der Waals surface area contributed by atoms with Crippen LogP contribution in [0, 0.1) is 16.0 Å². The number of hydrogen-bond acceptors (Lipinski definition) is 3. The number of carbonyl (C=O) groups is 1. The lowest BCUT2D eigenvalue weighted by Crippen LogP contribution is -2.02. The van der Waals surface area contributed by atoms with Gasteiger partial charge in [-0.2, -0.15) is 0 Å². The van der Waals surface area contributed by atoms with Crippen molar-refractivity contribution in [2.75, 3.05) is 0 Å². The smallest absolute Gasteiger partial charge is 0.273 e. The van der Waals surface area contributed by atoms with Gasteiger partial charge in [0.1, 0.15) is 0 Å². The molecule has 0 saturated carbocycles. The maximum absolute atomic E-state index is 11.5. The molecule has 14 heavy (non-hydrogen) atoms. The zero-order valence-electron chi connectivity index (χ0n) is 7.69. The fourth-order valence-corrected chi connectivity index (χ4v) is 1.86. The van der Waals surface area contributed by atoms with Crippen molar-refractivity contribution in [1.82, 2.24) is 0 Å². The van der Waals surface area contributed by atoms with Gasteiger partial charge in [-0.25, -0.2) is 0 Å². The van der Waals surface area contributed by atoms with Crippen molar-refractivity contribution in [1.29, 1.82) is 0 Å². The molecule has 1 aromatic rings. The number of benzene rings is 1. The molecule has 0 unspecified atom stereocenters. The molecular formula is C10H9NO3. The van der Waals surface area contributed by atoms with Gasteiger partial charge in [-0.05, 0) is 6.42 Å². The molecule has 0 radical (unpaired) electrons. The number of nitro benzene ring substituents is 1. The topological polar surface area (TPSA) is 60.2 Å². The fraction of sp³-hybridized carbons (Fsp3) is 0.300. The second kappa shape index (κ2) is 2.90. The second-order valence-electron chi connectivity index (χ2n) is 3.53. The molecule has 1 aliphatic carbocycles. The van der Waals surface area contributed by atoms with Gasteiger partial charge in [0.25, 0.3) is 5.69 Å². The molecule has 4 heteroatoms. The van der Waals surface area contributed by atoms with Gasteiger partial charge in [0.15, 0.2) is 5.78 Å². The van der Waals surface area contributed by atoms with Crippen LogP contribution in [0.15, 0.2) is 18.2 Å². The van der Waals surface area contributed by atoms with Gasteiger partial charge in [0, 0.05) is 23.1 Å². The predicted octanol–water partition coefficient (Wildman–Crippen LogP) is 1.97. The summed E-state index contributed by atoms with van der Waals surface area (Å²) in [5, 5.41) is 10.7. The third-order valence-corrected chi connectivity index (χ3v) is 2.57. The number of fused-ring (bicyclic) bond motifs is 1. The summed E-state index contributed by atoms with van der Waals surface area (Å²) in [6, 6.07) is 4.67. The van der Waals surface area contributed by atoms with Crippen LogP contribution in [-0.4, -0.2) is 10.7 Å². The lowest BCUT2D eigenvalue weighted by molar-refractivity contribution is -0.385. The Kier molecular flexibility index (Phi) is 1.84. The highest BCUT2D eigenvalue weighted by molar-refractivity contribution is 6.03. The Morgan fingerprint density at radius 2 is 2.21 bits per heavy atom. The summed E-state index contributed by atoms with van der Waals surface area (Å²) in [7, 11) is 0. The summed E-state index contributed by atoms with van der Waals surface area (Å²) in [5.74, 6) is -0.102. The summed E-state index contributed by atoms with van der Waals surface area (Å²) in [5.41, 5.74) is 1.18. The van der Waals surface area contributed by atoms with Crippen LogP contribution in [-0.2, 0) is 6.42 Å². The third kappa shape index (κ3) is 1.11. The lowest BCUT2D eigenvalue weighted by atomic mass is 10.1. The molecule has 1 atom stereocenters. The van der Waals surface area contributed by atoms with E-state index in [1.807, 2.05) is 0 Å². The molecule has 72 valence electrons. The van der Waals surface area contributed by atoms with Crippen LogP contribution in [0.5, 0.6) is 0 Å². The second-order valence-corrected chi connectivity index (χ2v) is 3.53. The van der Waals surface area contributed by atoms with E-state index < -0.39 is 4.92 Å². The predicted molar refractivity (Wildman–Crippen MR) is 50.3 cm³/mol. The van der Waals surface area contributed by atoms with Gasteiger partial charge in [-0.15, -0.1) is 0 Å². The SMILES string of the molecule is C[C@@H]1Cc2c(cccc2[N+](=O)[O-])C1=O. The number of Topliss-reactive ketones (excluding diaryl/α,β-unsaturated/α-hetero) is 1. The maximum atomic E-state index is 11.5. The number of hydrogen-bond donors (Lipinski definition) is 0. The van der Waals surface area contributed by atoms with Gasteiger partial charge in [-0.1, -0.05) is 19.1 Å². The molecule has 0 heterocycles. The average molecular weight is 191 g/mol. The van der Waals surface area contributed by atoms with Crippen molar-refractivity contribution in [3.05, 3.63) is 39.4 Å². The van der Waals surface area contributed by atoms with Crippen LogP contribution in [0.2, 0.25) is 0 Å². The first kappa shape index (κ1) is 8.87. The number of nitro groups is 1. The normalized spacial score (nSPS) is 19.5. The average Bonchev–Trinajstić information content (AvgIpc) is 2.43. The van der Waals surface area contributed by atoms with Crippen molar-refractivity contribution in [2.24, 2.45) is 5.92 Å². The van der Waals surface area contributed by atoms with Crippen molar-refractivity contribution in [3.63, 3.8) is 0 Å². The minimum absolute atomic E-state index is 0.0173. The van der Waals surface area contributed by atoms with E-state index in [1.165, 1.54) is 6.07 Å². The lowest BCUT2D eigenvalue weighted by Gasteiger charge is -1.97. The third-order valence-electron chi connectivity index (χ3n) is 2.57. The molecule has 1 aromatic carbocycles. The Morgan fingerprint density at radius 3 is 2.86 bits per heavy atom. The molecule has 0 bridgehead atoms. The van der Waals surface area contributed by atoms with Gasteiger partial charge >= 0.3 is 0 Å². The van der Waals surface area contributed by atoms with Crippen molar-refractivity contribution in [3.8, 4) is 0 Å². The van der Waals surface area contributed by atoms with Crippen molar-refractivity contribution < 1.29 is 9.72 Å². The molecule has 2 rings (SSSR count). The molecular weight excluding hydrogens is 182 g/mol. The van der Waals surface area contributed by atoms with E-state index in [4.69, 9.17) is 0 Å². The molecule has 1 aliphatic rings. The Bertz CT molecular complexity index is 425. The van der Waals surface area contributed by atoms with E-state index in [-0.39, 0.29) is 17.4 Å². The van der Waals surface area contributed by atoms with Gasteiger partial charge in [0.2, 0.25) is 0 Å². The van der Waals surface area contributed by atoms with E-state index in [0.717, 1.165) is 0 Å². The Labute approximate surface area is 80.7 Å². The fourth-order valence-electron chi connectivity index (χ4n) is 1.86. The van der Waals surface area contributed by atoms with Gasteiger partial charge in [-0.3, -0.25) is 14.9 Å². The zero-order valence-corrected chi connectivity index (χ0v) is 7.69. The first-order valence-corrected chi connectivity index (χ1v) is 4.41. The van der Waals surface area contributed by atoms with Crippen LogP contribution < -0.4 is 0 Å². The zero-order chi connectivity index (χ0) is 10.3. The van der Waals surface area contributed by atoms with E-state index in [1.54, 1.807) is 19.1 Å². The summed E-state index contributed by atoms with van der Waals surface area (Å²) >= 11 is 0. The largest absolute Gasteiger partial charge is 0.294 e. The summed E-state index contributed by atoms with van der Waals surface area (Å²) in [6.07, 6.45) is 0.491. The monoisotopic (exact) mass is 191 g/mol. The number of nitrogens with zero attached hydrogens (tertiary/aromatic N) is 1. The highest BCUT2D eigenvalue weighted by Crippen LogP contribution is 2.32. The van der Waals surface area contributed by atoms with Crippen molar-refractivity contribution in [2.45, 2.75) is 13.3 Å². The molecule has 0 N–H and O–H groups in total. The van der Waals surface area contributed by atoms with E-state index in [9.17, 15) is 14.9 Å². The number of carbonyl (C=O) groups excluding carboxylic acids is 1. The number of rotatable bonds is 1. The first-order valence-electron chi connectivity index (χ1n) is 4.41. The van der Waals surface area contributed by atoms with E-state index in [2.05, 4.69) is 0 Å². The molecule has 0 aromatic heterocycles. The van der Waals surface area contributed by atoms with E-state index >= 15 is 0 Å². The summed E-state index contributed by atoms with van der Waals surface area (Å²) in [6.45, 7) is 1.80. The Hall–Kier alpha value is -1.71. The molecule has 0 fully saturated rings. The van der Waals surface area contributed by atoms with Gasteiger partial charge in [0.05, 0.1) is 4.92 Å². The van der Waals surface area contributed by atoms with Crippen molar-refractivity contribution >= 4 is 11.5 Å². The number of ketones is 1. The standard InChI is InChI=1S/C10H9NO3/c1-6-5-8-7(10(6)12)3-2-4-9(8)11(13)14/h2-4,6H,5H2,1H3/t6-/m1/s1. The van der Waals surface area contributed by atoms with Crippen LogP contribution in [0.25, 0.3) is 0 Å². The highest BCUT2D eigenvalue weighted by Gasteiger charge is 2.32. The van der Waals surface area contributed by atoms with E-state index in [0.29, 0.717) is 17.5 Å². The highest BCUT2D eigenvalue weighted by atomic mass is 16.6. The summed E-state index contributed by atoms with van der Waals surface area (Å²) < 4.78 is 0. The quantitative estimate of drug-likeness (QED) is 0.503. The van der Waals surface area contributed by atoms with Crippen LogP contribution in [0.4, 0.5) is 5.69 Å². The summed E-state index contributed by atoms with van der Waals surface area (Å²) in [4.78, 5) is 21.8. The van der Waals surface area contributed by atoms with Crippen LogP contribution in [0.3, 0.4) is 0 Å². The van der Waals surface area contributed by atoms with Crippen LogP contribution in [0.1, 0.15) is 22.8 Å². The maximum Gasteiger partial charge on any atom is 0.273 e. The van der Waals surface area contributed by atoms with Gasteiger partial charge < -0.3 is 0 Å². The van der Waals surface area contributed by atoms with Crippen LogP contribution >= 0.6 is 0 Å². The molecule has 0 saturated heterocycles. The molecule has 4 nitrogen and oxygen atoms in total.